The number of nitrogen functional groups attached to an aromatic ring is 1. The highest BCUT2D eigenvalue weighted by Gasteiger charge is 2.12. The van der Waals surface area contributed by atoms with Crippen LogP contribution in [0.4, 0.5) is 5.82 Å². The average Bonchev–Trinajstić information content (AvgIpc) is 2.61. The number of hydrogen-bond acceptors (Lipinski definition) is 3. The zero-order chi connectivity index (χ0) is 9.97. The van der Waals surface area contributed by atoms with Gasteiger partial charge in [0.05, 0.1) is 0 Å². The first-order valence-corrected chi connectivity index (χ1v) is 4.62. The number of nitrogens with zero attached hydrogens (tertiary/aromatic N) is 1. The van der Waals surface area contributed by atoms with Crippen LogP contribution in [-0.4, -0.2) is 5.16 Å². The fourth-order valence-electron chi connectivity index (χ4n) is 1.48. The van der Waals surface area contributed by atoms with Crippen molar-refractivity contribution in [3.8, 4) is 11.3 Å². The third-order valence-corrected chi connectivity index (χ3v) is 2.21. The normalized spacial score (nSPS) is 10.4. The summed E-state index contributed by atoms with van der Waals surface area (Å²) in [7, 11) is 0. The van der Waals surface area contributed by atoms with Gasteiger partial charge in [-0.1, -0.05) is 42.4 Å². The van der Waals surface area contributed by atoms with E-state index in [2.05, 4.69) is 5.16 Å². The molecule has 72 valence electrons. The van der Waals surface area contributed by atoms with Gasteiger partial charge < -0.3 is 10.3 Å². The first kappa shape index (κ1) is 8.81. The molecule has 3 nitrogen and oxygen atoms in total. The standard InChI is InChI=1S/C11H12N2O/c1-2-9-10(14-13-11(9)12)8-6-4-3-5-7-8/h3-7H,2H2,1H3,(H2,12,13). The van der Waals surface area contributed by atoms with Crippen molar-refractivity contribution in [2.45, 2.75) is 13.3 Å². The lowest BCUT2D eigenvalue weighted by Crippen LogP contribution is -1.90. The maximum atomic E-state index is 5.68. The molecule has 2 N–H and O–H groups in total. The van der Waals surface area contributed by atoms with E-state index in [-0.39, 0.29) is 0 Å². The summed E-state index contributed by atoms with van der Waals surface area (Å²) < 4.78 is 5.20. The number of aromatic nitrogens is 1. The summed E-state index contributed by atoms with van der Waals surface area (Å²) in [4.78, 5) is 0. The molecule has 2 rings (SSSR count). The Kier molecular flexibility index (Phi) is 2.23. The highest BCUT2D eigenvalue weighted by Crippen LogP contribution is 2.27. The van der Waals surface area contributed by atoms with Gasteiger partial charge in [-0.05, 0) is 6.42 Å². The Morgan fingerprint density at radius 2 is 2.00 bits per heavy atom. The SMILES string of the molecule is CCc1c(N)noc1-c1ccccc1. The summed E-state index contributed by atoms with van der Waals surface area (Å²) in [5, 5.41) is 3.77. The molecule has 1 heterocycles. The van der Waals surface area contributed by atoms with Crippen LogP contribution in [0.15, 0.2) is 34.9 Å². The minimum Gasteiger partial charge on any atom is -0.381 e. The molecule has 0 amide bonds. The van der Waals surface area contributed by atoms with Crippen LogP contribution >= 0.6 is 0 Å². The van der Waals surface area contributed by atoms with Crippen molar-refractivity contribution in [1.82, 2.24) is 5.16 Å². The third-order valence-electron chi connectivity index (χ3n) is 2.21. The third kappa shape index (κ3) is 1.37. The number of anilines is 1. The Hall–Kier alpha value is -1.77. The lowest BCUT2D eigenvalue weighted by molar-refractivity contribution is 0.435. The first-order chi connectivity index (χ1) is 6.83. The van der Waals surface area contributed by atoms with Crippen molar-refractivity contribution >= 4 is 5.82 Å². The van der Waals surface area contributed by atoms with Crippen molar-refractivity contribution in [1.29, 1.82) is 0 Å². The maximum absolute atomic E-state index is 5.68. The van der Waals surface area contributed by atoms with Gasteiger partial charge in [0.15, 0.2) is 11.6 Å². The van der Waals surface area contributed by atoms with Gasteiger partial charge in [0.1, 0.15) is 0 Å². The Morgan fingerprint density at radius 3 is 2.64 bits per heavy atom. The van der Waals surface area contributed by atoms with E-state index in [4.69, 9.17) is 10.3 Å². The van der Waals surface area contributed by atoms with E-state index in [1.54, 1.807) is 0 Å². The molecule has 0 fully saturated rings. The second-order valence-electron chi connectivity index (χ2n) is 3.10. The molecular formula is C11H12N2O. The van der Waals surface area contributed by atoms with Crippen LogP contribution in [0.5, 0.6) is 0 Å². The lowest BCUT2D eigenvalue weighted by Gasteiger charge is -1.97. The van der Waals surface area contributed by atoms with Crippen molar-refractivity contribution in [3.05, 3.63) is 35.9 Å². The molecule has 1 aromatic carbocycles. The monoisotopic (exact) mass is 188 g/mol. The fraction of sp³-hybridized carbons (Fsp3) is 0.182. The molecule has 0 atom stereocenters. The molecule has 0 bridgehead atoms. The Balaban J connectivity index is 2.52. The summed E-state index contributed by atoms with van der Waals surface area (Å²) in [5.74, 6) is 1.27. The van der Waals surface area contributed by atoms with Crippen LogP contribution < -0.4 is 5.73 Å². The van der Waals surface area contributed by atoms with Gasteiger partial charge in [-0.2, -0.15) is 0 Å². The van der Waals surface area contributed by atoms with Gasteiger partial charge in [-0.3, -0.25) is 0 Å². The average molecular weight is 188 g/mol. The first-order valence-electron chi connectivity index (χ1n) is 4.62. The molecule has 1 aromatic heterocycles. The largest absolute Gasteiger partial charge is 0.381 e. The van der Waals surface area contributed by atoms with Crippen molar-refractivity contribution < 1.29 is 4.52 Å². The Bertz CT molecular complexity index is 420. The van der Waals surface area contributed by atoms with E-state index >= 15 is 0 Å². The van der Waals surface area contributed by atoms with Crippen LogP contribution in [0.2, 0.25) is 0 Å². The van der Waals surface area contributed by atoms with E-state index in [0.29, 0.717) is 5.82 Å². The molecule has 2 aromatic rings. The zero-order valence-electron chi connectivity index (χ0n) is 8.03. The molecule has 3 heteroatoms. The van der Waals surface area contributed by atoms with Gasteiger partial charge in [0.25, 0.3) is 0 Å². The summed E-state index contributed by atoms with van der Waals surface area (Å²) in [6, 6.07) is 9.87. The van der Waals surface area contributed by atoms with E-state index in [9.17, 15) is 0 Å². The molecule has 0 unspecified atom stereocenters. The second-order valence-corrected chi connectivity index (χ2v) is 3.10. The van der Waals surface area contributed by atoms with Crippen LogP contribution in [-0.2, 0) is 6.42 Å². The van der Waals surface area contributed by atoms with Crippen LogP contribution in [0.25, 0.3) is 11.3 Å². The summed E-state index contributed by atoms with van der Waals surface area (Å²) >= 11 is 0. The minimum atomic E-state index is 0.492. The summed E-state index contributed by atoms with van der Waals surface area (Å²) in [6.07, 6.45) is 0.833. The molecular weight excluding hydrogens is 176 g/mol. The number of rotatable bonds is 2. The highest BCUT2D eigenvalue weighted by molar-refractivity contribution is 5.65. The van der Waals surface area contributed by atoms with Crippen LogP contribution in [0.1, 0.15) is 12.5 Å². The minimum absolute atomic E-state index is 0.492. The van der Waals surface area contributed by atoms with Crippen molar-refractivity contribution in [2.24, 2.45) is 0 Å². The number of benzene rings is 1. The van der Waals surface area contributed by atoms with Gasteiger partial charge in [-0.25, -0.2) is 0 Å². The number of nitrogens with two attached hydrogens (primary N) is 1. The van der Waals surface area contributed by atoms with E-state index in [1.165, 1.54) is 0 Å². The van der Waals surface area contributed by atoms with Crippen molar-refractivity contribution in [3.63, 3.8) is 0 Å². The summed E-state index contributed by atoms with van der Waals surface area (Å²) in [5.41, 5.74) is 7.69. The zero-order valence-corrected chi connectivity index (χ0v) is 8.03. The molecule has 0 radical (unpaired) electrons. The van der Waals surface area contributed by atoms with Crippen molar-refractivity contribution in [2.75, 3.05) is 5.73 Å². The van der Waals surface area contributed by atoms with E-state index in [0.717, 1.165) is 23.3 Å². The van der Waals surface area contributed by atoms with Crippen LogP contribution in [0, 0.1) is 0 Å². The quantitative estimate of drug-likeness (QED) is 0.787. The molecule has 0 spiro atoms. The van der Waals surface area contributed by atoms with Gasteiger partial charge in [0, 0.05) is 11.1 Å². The molecule has 14 heavy (non-hydrogen) atoms. The predicted octanol–water partition coefficient (Wildman–Crippen LogP) is 2.49. The lowest BCUT2D eigenvalue weighted by atomic mass is 10.1. The molecule has 0 aliphatic rings. The Labute approximate surface area is 82.5 Å². The maximum Gasteiger partial charge on any atom is 0.172 e. The topological polar surface area (TPSA) is 52.0 Å². The smallest absolute Gasteiger partial charge is 0.172 e. The highest BCUT2D eigenvalue weighted by atomic mass is 16.5. The molecule has 0 saturated carbocycles. The fourth-order valence-corrected chi connectivity index (χ4v) is 1.48. The second kappa shape index (κ2) is 3.54. The van der Waals surface area contributed by atoms with Gasteiger partial charge in [0.2, 0.25) is 0 Å². The number of hydrogen-bond donors (Lipinski definition) is 1. The summed E-state index contributed by atoms with van der Waals surface area (Å²) in [6.45, 7) is 2.04. The van der Waals surface area contributed by atoms with Crippen LogP contribution in [0.3, 0.4) is 0 Å². The van der Waals surface area contributed by atoms with Gasteiger partial charge >= 0.3 is 0 Å². The van der Waals surface area contributed by atoms with Gasteiger partial charge in [-0.15, -0.1) is 0 Å². The predicted molar refractivity (Wildman–Crippen MR) is 55.7 cm³/mol. The van der Waals surface area contributed by atoms with E-state index in [1.807, 2.05) is 37.3 Å². The molecule has 0 aliphatic carbocycles. The Morgan fingerprint density at radius 1 is 1.29 bits per heavy atom. The van der Waals surface area contributed by atoms with E-state index < -0.39 is 0 Å². The molecule has 0 saturated heterocycles. The molecule has 0 aliphatic heterocycles.